The lowest BCUT2D eigenvalue weighted by Gasteiger charge is -2.06. The van der Waals surface area contributed by atoms with Crippen molar-refractivity contribution in [2.45, 2.75) is 32.1 Å². The first-order valence-corrected chi connectivity index (χ1v) is 7.09. The smallest absolute Gasteiger partial charge is 0.136 e. The van der Waals surface area contributed by atoms with E-state index in [1.54, 1.807) is 11.3 Å². The lowest BCUT2D eigenvalue weighted by Crippen LogP contribution is -2.04. The number of aryl methyl sites for hydroxylation is 1. The molecular weight excluding hydrogens is 244 g/mol. The Morgan fingerprint density at radius 1 is 1.33 bits per heavy atom. The van der Waals surface area contributed by atoms with Crippen molar-refractivity contribution in [3.8, 4) is 0 Å². The lowest BCUT2D eigenvalue weighted by atomic mass is 10.2. The van der Waals surface area contributed by atoms with Crippen molar-refractivity contribution in [3.63, 3.8) is 0 Å². The van der Waals surface area contributed by atoms with E-state index in [4.69, 9.17) is 0 Å². The minimum Gasteiger partial charge on any atom is -0.373 e. The van der Waals surface area contributed by atoms with E-state index in [1.165, 1.54) is 18.5 Å². The van der Waals surface area contributed by atoms with Gasteiger partial charge in [0.2, 0.25) is 0 Å². The highest BCUT2D eigenvalue weighted by Crippen LogP contribution is 2.39. The monoisotopic (exact) mass is 260 g/mol. The molecule has 0 aromatic carbocycles. The summed E-state index contributed by atoms with van der Waals surface area (Å²) in [5.74, 6) is 2.43. The first-order chi connectivity index (χ1) is 8.74. The zero-order valence-corrected chi connectivity index (χ0v) is 11.4. The standard InChI is InChI=1S/C13H16N4S/c1-8-15-10(7-18-8)5-13-16-11(9-3-4-9)6-12(14-2)17-13/h6-7,9H,3-5H2,1-2H3,(H,14,16,17). The number of anilines is 1. The van der Waals surface area contributed by atoms with Crippen LogP contribution in [0.5, 0.6) is 0 Å². The van der Waals surface area contributed by atoms with Crippen molar-refractivity contribution in [1.29, 1.82) is 0 Å². The van der Waals surface area contributed by atoms with Gasteiger partial charge < -0.3 is 5.32 Å². The Labute approximate surface area is 111 Å². The molecule has 0 amide bonds. The number of aromatic nitrogens is 3. The summed E-state index contributed by atoms with van der Waals surface area (Å²) in [5, 5.41) is 6.29. The highest BCUT2D eigenvalue weighted by molar-refractivity contribution is 7.09. The van der Waals surface area contributed by atoms with Crippen LogP contribution in [0.3, 0.4) is 0 Å². The van der Waals surface area contributed by atoms with Crippen LogP contribution in [0, 0.1) is 6.92 Å². The fourth-order valence-corrected chi connectivity index (χ4v) is 2.58. The van der Waals surface area contributed by atoms with Gasteiger partial charge in [0.1, 0.15) is 11.6 Å². The van der Waals surface area contributed by atoms with Gasteiger partial charge in [-0.3, -0.25) is 0 Å². The zero-order valence-electron chi connectivity index (χ0n) is 10.6. The highest BCUT2D eigenvalue weighted by atomic mass is 32.1. The molecule has 0 atom stereocenters. The van der Waals surface area contributed by atoms with Gasteiger partial charge in [-0.25, -0.2) is 15.0 Å². The molecule has 2 aromatic rings. The molecule has 0 unspecified atom stereocenters. The molecular formula is C13H16N4S. The van der Waals surface area contributed by atoms with Gasteiger partial charge in [-0.05, 0) is 19.8 Å². The SMILES string of the molecule is CNc1cc(C2CC2)nc(Cc2csc(C)n2)n1. The van der Waals surface area contributed by atoms with Crippen LogP contribution in [0.2, 0.25) is 0 Å². The van der Waals surface area contributed by atoms with E-state index in [9.17, 15) is 0 Å². The maximum atomic E-state index is 4.66. The molecule has 0 radical (unpaired) electrons. The van der Waals surface area contributed by atoms with Gasteiger partial charge >= 0.3 is 0 Å². The van der Waals surface area contributed by atoms with Crippen LogP contribution in [-0.2, 0) is 6.42 Å². The van der Waals surface area contributed by atoms with E-state index in [0.717, 1.165) is 28.8 Å². The molecule has 2 aromatic heterocycles. The van der Waals surface area contributed by atoms with Crippen molar-refractivity contribution in [1.82, 2.24) is 15.0 Å². The second-order valence-corrected chi connectivity index (χ2v) is 5.72. The topological polar surface area (TPSA) is 50.7 Å². The summed E-state index contributed by atoms with van der Waals surface area (Å²) >= 11 is 1.67. The van der Waals surface area contributed by atoms with Crippen molar-refractivity contribution >= 4 is 17.2 Å². The molecule has 0 bridgehead atoms. The third-order valence-electron chi connectivity index (χ3n) is 3.05. The summed E-state index contributed by atoms with van der Waals surface area (Å²) in [7, 11) is 1.90. The Balaban J connectivity index is 1.88. The number of hydrogen-bond acceptors (Lipinski definition) is 5. The van der Waals surface area contributed by atoms with Crippen molar-refractivity contribution in [2.75, 3.05) is 12.4 Å². The molecule has 0 saturated heterocycles. The number of thiazole rings is 1. The predicted molar refractivity (Wildman–Crippen MR) is 73.2 cm³/mol. The summed E-state index contributed by atoms with van der Waals surface area (Å²) < 4.78 is 0. The third kappa shape index (κ3) is 2.51. The van der Waals surface area contributed by atoms with Gasteiger partial charge in [0.15, 0.2) is 0 Å². The molecule has 1 fully saturated rings. The van der Waals surface area contributed by atoms with Crippen LogP contribution >= 0.6 is 11.3 Å². The largest absolute Gasteiger partial charge is 0.373 e. The van der Waals surface area contributed by atoms with Crippen molar-refractivity contribution in [2.24, 2.45) is 0 Å². The maximum absolute atomic E-state index is 4.66. The summed E-state index contributed by atoms with van der Waals surface area (Å²) in [6.45, 7) is 2.02. The van der Waals surface area contributed by atoms with Gasteiger partial charge in [0.25, 0.3) is 0 Å². The Morgan fingerprint density at radius 3 is 2.78 bits per heavy atom. The van der Waals surface area contributed by atoms with Crippen LogP contribution in [0.25, 0.3) is 0 Å². The molecule has 1 aliphatic carbocycles. The molecule has 5 heteroatoms. The molecule has 1 aliphatic rings. The molecule has 1 N–H and O–H groups in total. The maximum Gasteiger partial charge on any atom is 0.136 e. The molecule has 94 valence electrons. The number of nitrogens with one attached hydrogen (secondary N) is 1. The molecule has 2 heterocycles. The number of hydrogen-bond donors (Lipinski definition) is 1. The van der Waals surface area contributed by atoms with Crippen LogP contribution < -0.4 is 5.32 Å². The molecule has 4 nitrogen and oxygen atoms in total. The van der Waals surface area contributed by atoms with E-state index in [1.807, 2.05) is 14.0 Å². The Bertz CT molecular complexity index is 560. The molecule has 3 rings (SSSR count). The van der Waals surface area contributed by atoms with E-state index < -0.39 is 0 Å². The second-order valence-electron chi connectivity index (χ2n) is 4.65. The van der Waals surface area contributed by atoms with Crippen LogP contribution in [0.1, 0.15) is 41.0 Å². The molecule has 0 spiro atoms. The van der Waals surface area contributed by atoms with Gasteiger partial charge in [0.05, 0.1) is 17.1 Å². The molecule has 18 heavy (non-hydrogen) atoms. The zero-order chi connectivity index (χ0) is 12.5. The summed E-state index contributed by atoms with van der Waals surface area (Å²) in [5.41, 5.74) is 2.24. The average molecular weight is 260 g/mol. The van der Waals surface area contributed by atoms with E-state index in [0.29, 0.717) is 5.92 Å². The minimum atomic E-state index is 0.649. The molecule has 1 saturated carbocycles. The highest BCUT2D eigenvalue weighted by Gasteiger charge is 2.26. The Morgan fingerprint density at radius 2 is 2.17 bits per heavy atom. The van der Waals surface area contributed by atoms with E-state index in [2.05, 4.69) is 31.7 Å². The van der Waals surface area contributed by atoms with Gasteiger partial charge in [0, 0.05) is 30.1 Å². The minimum absolute atomic E-state index is 0.649. The van der Waals surface area contributed by atoms with E-state index >= 15 is 0 Å². The predicted octanol–water partition coefficient (Wildman–Crippen LogP) is 2.75. The van der Waals surface area contributed by atoms with Crippen molar-refractivity contribution in [3.05, 3.63) is 33.7 Å². The van der Waals surface area contributed by atoms with Crippen LogP contribution in [0.4, 0.5) is 5.82 Å². The molecule has 0 aliphatic heterocycles. The second kappa shape index (κ2) is 4.65. The van der Waals surface area contributed by atoms with Gasteiger partial charge in [-0.1, -0.05) is 0 Å². The fraction of sp³-hybridized carbons (Fsp3) is 0.462. The quantitative estimate of drug-likeness (QED) is 0.918. The number of nitrogens with zero attached hydrogens (tertiary/aromatic N) is 3. The number of rotatable bonds is 4. The average Bonchev–Trinajstić information content (AvgIpc) is 3.14. The lowest BCUT2D eigenvalue weighted by molar-refractivity contribution is 0.888. The van der Waals surface area contributed by atoms with Crippen LogP contribution in [0.15, 0.2) is 11.4 Å². The Hall–Kier alpha value is -1.49. The first-order valence-electron chi connectivity index (χ1n) is 6.21. The summed E-state index contributed by atoms with van der Waals surface area (Å²) in [4.78, 5) is 13.6. The van der Waals surface area contributed by atoms with Crippen molar-refractivity contribution < 1.29 is 0 Å². The summed E-state index contributed by atoms with van der Waals surface area (Å²) in [6.07, 6.45) is 3.24. The van der Waals surface area contributed by atoms with Crippen LogP contribution in [-0.4, -0.2) is 22.0 Å². The van der Waals surface area contributed by atoms with Gasteiger partial charge in [-0.15, -0.1) is 11.3 Å². The third-order valence-corrected chi connectivity index (χ3v) is 3.87. The fourth-order valence-electron chi connectivity index (χ4n) is 1.96. The summed E-state index contributed by atoms with van der Waals surface area (Å²) in [6, 6.07) is 2.06. The van der Waals surface area contributed by atoms with Gasteiger partial charge in [-0.2, -0.15) is 0 Å². The normalized spacial score (nSPS) is 14.8. The van der Waals surface area contributed by atoms with E-state index in [-0.39, 0.29) is 0 Å². The Kier molecular flexibility index (Phi) is 2.99. The first kappa shape index (κ1) is 11.6.